The van der Waals surface area contributed by atoms with Crippen molar-refractivity contribution in [2.45, 2.75) is 78.2 Å². The molecule has 1 aliphatic rings. The van der Waals surface area contributed by atoms with Crippen molar-refractivity contribution < 1.29 is 14.6 Å². The normalized spacial score (nSPS) is 17.0. The summed E-state index contributed by atoms with van der Waals surface area (Å²) in [7, 11) is 2.03. The van der Waals surface area contributed by atoms with Gasteiger partial charge in [0.2, 0.25) is 0 Å². The molecule has 0 aliphatic heterocycles. The van der Waals surface area contributed by atoms with Crippen LogP contribution in [0.2, 0.25) is 0 Å². The van der Waals surface area contributed by atoms with Crippen molar-refractivity contribution >= 4 is 5.97 Å². The number of hydrogen-bond donors (Lipinski definition) is 1. The van der Waals surface area contributed by atoms with Crippen molar-refractivity contribution in [1.29, 1.82) is 0 Å². The number of ether oxygens (including phenoxy) is 1. The highest BCUT2D eigenvalue weighted by Crippen LogP contribution is 2.30. The Morgan fingerprint density at radius 2 is 2.00 bits per heavy atom. The van der Waals surface area contributed by atoms with Gasteiger partial charge in [0.15, 0.2) is 0 Å². The minimum atomic E-state index is -0.548. The topological polar surface area (TPSA) is 67.6 Å². The molecule has 6 nitrogen and oxygen atoms in total. The number of aryl methyl sites for hydroxylation is 1. The monoisotopic (exact) mass is 337 g/mol. The van der Waals surface area contributed by atoms with E-state index in [-0.39, 0.29) is 18.6 Å². The van der Waals surface area contributed by atoms with Crippen LogP contribution in [0.25, 0.3) is 0 Å². The largest absolute Gasteiger partial charge is 0.462 e. The molecule has 1 aliphatic carbocycles. The van der Waals surface area contributed by atoms with Crippen molar-refractivity contribution in [3.05, 3.63) is 17.0 Å². The Morgan fingerprint density at radius 1 is 1.38 bits per heavy atom. The van der Waals surface area contributed by atoms with Gasteiger partial charge in [-0.1, -0.05) is 12.8 Å². The van der Waals surface area contributed by atoms with Gasteiger partial charge in [0.25, 0.3) is 0 Å². The molecule has 0 aromatic carbocycles. The van der Waals surface area contributed by atoms with Gasteiger partial charge in [0.05, 0.1) is 17.4 Å². The molecule has 2 rings (SSSR count). The maximum Gasteiger partial charge on any atom is 0.328 e. The third-order valence-electron chi connectivity index (χ3n) is 4.70. The predicted octanol–water partition coefficient (Wildman–Crippen LogP) is 2.19. The molecule has 0 saturated heterocycles. The van der Waals surface area contributed by atoms with E-state index in [2.05, 4.69) is 10.00 Å². The summed E-state index contributed by atoms with van der Waals surface area (Å²) in [5, 5.41) is 15.0. The number of hydrogen-bond acceptors (Lipinski definition) is 5. The van der Waals surface area contributed by atoms with Crippen LogP contribution in [0, 0.1) is 13.8 Å². The molecule has 1 N–H and O–H groups in total. The van der Waals surface area contributed by atoms with Gasteiger partial charge >= 0.3 is 5.97 Å². The molecule has 0 atom stereocenters. The Balaban J connectivity index is 2.01. The molecule has 1 aromatic rings. The summed E-state index contributed by atoms with van der Waals surface area (Å²) in [5.74, 6) is -0.268. The summed E-state index contributed by atoms with van der Waals surface area (Å²) in [6.45, 7) is 9.16. The van der Waals surface area contributed by atoms with Gasteiger partial charge < -0.3 is 9.84 Å². The average Bonchev–Trinajstić information content (AvgIpc) is 2.97. The number of carbonyl (C=O) groups is 1. The SMILES string of the molecule is Cc1nn(CC(=O)OC(C)C)c(C)c1CN(C)CC1(O)CCCC1. The smallest absolute Gasteiger partial charge is 0.328 e. The summed E-state index contributed by atoms with van der Waals surface area (Å²) in [4.78, 5) is 14.0. The summed E-state index contributed by atoms with van der Waals surface area (Å²) >= 11 is 0. The lowest BCUT2D eigenvalue weighted by Gasteiger charge is -2.28. The van der Waals surface area contributed by atoms with Crippen LogP contribution < -0.4 is 0 Å². The third kappa shape index (κ3) is 4.80. The molecule has 0 unspecified atom stereocenters. The minimum absolute atomic E-state index is 0.118. The Hall–Kier alpha value is -1.40. The summed E-state index contributed by atoms with van der Waals surface area (Å²) in [5.41, 5.74) is 2.48. The molecular weight excluding hydrogens is 306 g/mol. The predicted molar refractivity (Wildman–Crippen MR) is 92.7 cm³/mol. The van der Waals surface area contributed by atoms with Crippen LogP contribution in [0.4, 0.5) is 0 Å². The highest BCUT2D eigenvalue weighted by molar-refractivity contribution is 5.69. The molecule has 1 fully saturated rings. The van der Waals surface area contributed by atoms with E-state index in [1.807, 2.05) is 34.7 Å². The number of nitrogens with zero attached hydrogens (tertiary/aromatic N) is 3. The van der Waals surface area contributed by atoms with Crippen LogP contribution in [0.3, 0.4) is 0 Å². The van der Waals surface area contributed by atoms with E-state index >= 15 is 0 Å². The molecule has 6 heteroatoms. The number of rotatable bonds is 7. The minimum Gasteiger partial charge on any atom is -0.462 e. The van der Waals surface area contributed by atoms with Crippen LogP contribution in [0.1, 0.15) is 56.5 Å². The number of carbonyl (C=O) groups excluding carboxylic acids is 1. The number of aliphatic hydroxyl groups is 1. The van der Waals surface area contributed by atoms with Gasteiger partial charge in [-0.25, -0.2) is 0 Å². The van der Waals surface area contributed by atoms with E-state index in [1.165, 1.54) is 0 Å². The first-order chi connectivity index (χ1) is 11.2. The van der Waals surface area contributed by atoms with Gasteiger partial charge in [-0.15, -0.1) is 0 Å². The second-order valence-corrected chi connectivity index (χ2v) is 7.45. The zero-order chi connectivity index (χ0) is 17.9. The lowest BCUT2D eigenvalue weighted by molar-refractivity contribution is -0.148. The summed E-state index contributed by atoms with van der Waals surface area (Å²) in [6, 6.07) is 0. The van der Waals surface area contributed by atoms with Crippen LogP contribution in [0.5, 0.6) is 0 Å². The first kappa shape index (κ1) is 18.9. The third-order valence-corrected chi connectivity index (χ3v) is 4.70. The fourth-order valence-electron chi connectivity index (χ4n) is 3.56. The zero-order valence-electron chi connectivity index (χ0n) is 15.6. The van der Waals surface area contributed by atoms with Crippen LogP contribution >= 0.6 is 0 Å². The second kappa shape index (κ2) is 7.66. The Morgan fingerprint density at radius 3 is 2.58 bits per heavy atom. The van der Waals surface area contributed by atoms with Gasteiger partial charge in [0, 0.05) is 24.3 Å². The Kier molecular flexibility index (Phi) is 6.04. The molecule has 1 heterocycles. The molecule has 0 bridgehead atoms. The Labute approximate surface area is 144 Å². The highest BCUT2D eigenvalue weighted by Gasteiger charge is 2.32. The zero-order valence-corrected chi connectivity index (χ0v) is 15.6. The van der Waals surface area contributed by atoms with Gasteiger partial charge in [-0.2, -0.15) is 5.10 Å². The van der Waals surface area contributed by atoms with Crippen molar-refractivity contribution in [3.8, 4) is 0 Å². The molecular formula is C18H31N3O3. The number of likely N-dealkylation sites (N-methyl/N-ethyl adjacent to an activating group) is 1. The molecule has 136 valence electrons. The Bertz CT molecular complexity index is 574. The lowest BCUT2D eigenvalue weighted by Crippen LogP contribution is -2.38. The molecule has 0 spiro atoms. The maximum atomic E-state index is 11.9. The second-order valence-electron chi connectivity index (χ2n) is 7.45. The molecule has 24 heavy (non-hydrogen) atoms. The van der Waals surface area contributed by atoms with E-state index in [0.717, 1.165) is 49.2 Å². The fraction of sp³-hybridized carbons (Fsp3) is 0.778. The van der Waals surface area contributed by atoms with Gasteiger partial charge in [-0.3, -0.25) is 14.4 Å². The van der Waals surface area contributed by atoms with E-state index in [4.69, 9.17) is 4.74 Å². The number of esters is 1. The molecule has 0 radical (unpaired) electrons. The van der Waals surface area contributed by atoms with Gasteiger partial charge in [-0.05, 0) is 47.6 Å². The lowest BCUT2D eigenvalue weighted by atomic mass is 10.0. The van der Waals surface area contributed by atoms with Gasteiger partial charge in [0.1, 0.15) is 6.54 Å². The van der Waals surface area contributed by atoms with Crippen molar-refractivity contribution in [1.82, 2.24) is 14.7 Å². The van der Waals surface area contributed by atoms with Crippen molar-refractivity contribution in [2.24, 2.45) is 0 Å². The first-order valence-electron chi connectivity index (χ1n) is 8.83. The van der Waals surface area contributed by atoms with Crippen LogP contribution in [-0.2, 0) is 22.6 Å². The van der Waals surface area contributed by atoms with E-state index in [0.29, 0.717) is 6.54 Å². The molecule has 0 amide bonds. The first-order valence-corrected chi connectivity index (χ1v) is 8.83. The molecule has 1 aromatic heterocycles. The van der Waals surface area contributed by atoms with E-state index < -0.39 is 5.60 Å². The summed E-state index contributed by atoms with van der Waals surface area (Å²) in [6.07, 6.45) is 3.87. The maximum absolute atomic E-state index is 11.9. The van der Waals surface area contributed by atoms with E-state index in [9.17, 15) is 9.90 Å². The average molecular weight is 337 g/mol. The highest BCUT2D eigenvalue weighted by atomic mass is 16.5. The van der Waals surface area contributed by atoms with E-state index in [1.54, 1.807) is 4.68 Å². The van der Waals surface area contributed by atoms with Crippen molar-refractivity contribution in [3.63, 3.8) is 0 Å². The fourth-order valence-corrected chi connectivity index (χ4v) is 3.56. The van der Waals surface area contributed by atoms with Crippen LogP contribution in [-0.4, -0.2) is 51.1 Å². The van der Waals surface area contributed by atoms with Crippen LogP contribution in [0.15, 0.2) is 0 Å². The molecule has 1 saturated carbocycles. The van der Waals surface area contributed by atoms with Crippen molar-refractivity contribution in [2.75, 3.05) is 13.6 Å². The summed E-state index contributed by atoms with van der Waals surface area (Å²) < 4.78 is 6.91. The quantitative estimate of drug-likeness (QED) is 0.773. The standard InChI is InChI=1S/C18H31N3O3/c1-13(2)24-17(22)11-21-15(4)16(14(3)19-21)10-20(5)12-18(23)8-6-7-9-18/h13,23H,6-12H2,1-5H3. The number of aromatic nitrogens is 2.